The van der Waals surface area contributed by atoms with Crippen LogP contribution in [0.3, 0.4) is 0 Å². The van der Waals surface area contributed by atoms with Crippen LogP contribution < -0.4 is 5.32 Å². The van der Waals surface area contributed by atoms with Gasteiger partial charge in [0.15, 0.2) is 0 Å². The Morgan fingerprint density at radius 3 is 2.35 bits per heavy atom. The highest BCUT2D eigenvalue weighted by Gasteiger charge is 2.15. The molecule has 0 heterocycles. The fourth-order valence-corrected chi connectivity index (χ4v) is 1.41. The molecule has 1 rings (SSSR count). The topological polar surface area (TPSA) is 46.2 Å². The Morgan fingerprint density at radius 2 is 1.82 bits per heavy atom. The molecule has 0 saturated heterocycles. The van der Waals surface area contributed by atoms with Gasteiger partial charge in [0.05, 0.1) is 0 Å². The van der Waals surface area contributed by atoms with Crippen molar-refractivity contribution in [2.75, 3.05) is 6.54 Å². The Morgan fingerprint density at radius 1 is 1.24 bits per heavy atom. The summed E-state index contributed by atoms with van der Waals surface area (Å²) in [5.74, 6) is -0.584. The highest BCUT2D eigenvalue weighted by Crippen LogP contribution is 2.10. The Hall–Kier alpha value is -1.35. The van der Waals surface area contributed by atoms with E-state index in [0.717, 1.165) is 6.42 Å². The van der Waals surface area contributed by atoms with E-state index in [0.29, 0.717) is 23.0 Å². The molecule has 0 spiro atoms. The van der Waals surface area contributed by atoms with Gasteiger partial charge in [-0.1, -0.05) is 25.4 Å². The van der Waals surface area contributed by atoms with Gasteiger partial charge in [0.2, 0.25) is 5.78 Å². The van der Waals surface area contributed by atoms with Crippen LogP contribution in [0.5, 0.6) is 0 Å². The third kappa shape index (κ3) is 4.57. The number of benzene rings is 1. The van der Waals surface area contributed by atoms with E-state index in [4.69, 9.17) is 11.6 Å². The van der Waals surface area contributed by atoms with E-state index in [9.17, 15) is 9.59 Å². The minimum atomic E-state index is -0.562. The predicted octanol–water partition coefficient (Wildman–Crippen LogP) is 2.69. The first kappa shape index (κ1) is 13.7. The van der Waals surface area contributed by atoms with Crippen molar-refractivity contribution in [2.45, 2.75) is 20.3 Å². The Balaban J connectivity index is 2.52. The second-order valence-corrected chi connectivity index (χ2v) is 4.71. The summed E-state index contributed by atoms with van der Waals surface area (Å²) in [4.78, 5) is 23.2. The van der Waals surface area contributed by atoms with Crippen molar-refractivity contribution in [3.8, 4) is 0 Å². The summed E-state index contributed by atoms with van der Waals surface area (Å²) < 4.78 is 0. The van der Waals surface area contributed by atoms with Crippen LogP contribution in [0.2, 0.25) is 5.02 Å². The Labute approximate surface area is 106 Å². The zero-order chi connectivity index (χ0) is 12.8. The maximum Gasteiger partial charge on any atom is 0.292 e. The normalized spacial score (nSPS) is 10.4. The number of carbonyl (C=O) groups is 2. The molecule has 0 aliphatic heterocycles. The number of ketones is 1. The van der Waals surface area contributed by atoms with Gasteiger partial charge >= 0.3 is 0 Å². The molecule has 0 atom stereocenters. The van der Waals surface area contributed by atoms with Crippen molar-refractivity contribution in [1.29, 1.82) is 0 Å². The lowest BCUT2D eigenvalue weighted by Gasteiger charge is -2.06. The second-order valence-electron chi connectivity index (χ2n) is 4.27. The summed E-state index contributed by atoms with van der Waals surface area (Å²) in [6.45, 7) is 4.65. The van der Waals surface area contributed by atoms with E-state index in [-0.39, 0.29) is 0 Å². The standard InChI is InChI=1S/C13H16ClNO2/c1-9(2)7-8-15-13(17)12(16)10-3-5-11(14)6-4-10/h3-6,9H,7-8H2,1-2H3,(H,15,17). The Bertz CT molecular complexity index is 398. The van der Waals surface area contributed by atoms with Crippen molar-refractivity contribution in [3.05, 3.63) is 34.9 Å². The number of amides is 1. The highest BCUT2D eigenvalue weighted by molar-refractivity contribution is 6.43. The summed E-state index contributed by atoms with van der Waals surface area (Å²) in [6.07, 6.45) is 0.861. The van der Waals surface area contributed by atoms with Crippen molar-refractivity contribution in [2.24, 2.45) is 5.92 Å². The number of hydrogen-bond donors (Lipinski definition) is 1. The molecule has 1 N–H and O–H groups in total. The third-order valence-corrected chi connectivity index (χ3v) is 2.57. The molecule has 0 aromatic heterocycles. The fraction of sp³-hybridized carbons (Fsp3) is 0.385. The van der Waals surface area contributed by atoms with E-state index in [1.165, 1.54) is 0 Å². The van der Waals surface area contributed by atoms with Gasteiger partial charge < -0.3 is 5.32 Å². The average molecular weight is 254 g/mol. The largest absolute Gasteiger partial charge is 0.349 e. The first-order valence-corrected chi connectivity index (χ1v) is 5.96. The molecule has 92 valence electrons. The highest BCUT2D eigenvalue weighted by atomic mass is 35.5. The van der Waals surface area contributed by atoms with Crippen LogP contribution in [0, 0.1) is 5.92 Å². The first-order chi connectivity index (χ1) is 8.00. The van der Waals surface area contributed by atoms with Gasteiger partial charge in [-0.15, -0.1) is 0 Å². The number of nitrogens with one attached hydrogen (secondary N) is 1. The van der Waals surface area contributed by atoms with Gasteiger partial charge in [0.25, 0.3) is 5.91 Å². The zero-order valence-electron chi connectivity index (χ0n) is 10.00. The molecule has 0 bridgehead atoms. The van der Waals surface area contributed by atoms with Gasteiger partial charge in [-0.2, -0.15) is 0 Å². The molecular formula is C13H16ClNO2. The van der Waals surface area contributed by atoms with E-state index in [1.807, 2.05) is 0 Å². The summed E-state index contributed by atoms with van der Waals surface area (Å²) in [7, 11) is 0. The van der Waals surface area contributed by atoms with Crippen molar-refractivity contribution < 1.29 is 9.59 Å². The van der Waals surface area contributed by atoms with Crippen molar-refractivity contribution in [1.82, 2.24) is 5.32 Å². The van der Waals surface area contributed by atoms with Crippen LogP contribution in [0.1, 0.15) is 30.6 Å². The molecule has 0 fully saturated rings. The molecule has 1 aromatic carbocycles. The monoisotopic (exact) mass is 253 g/mol. The number of carbonyl (C=O) groups excluding carboxylic acids is 2. The number of rotatable bonds is 5. The van der Waals surface area contributed by atoms with Crippen LogP contribution in [-0.2, 0) is 4.79 Å². The molecular weight excluding hydrogens is 238 g/mol. The molecule has 17 heavy (non-hydrogen) atoms. The van der Waals surface area contributed by atoms with Crippen molar-refractivity contribution in [3.63, 3.8) is 0 Å². The van der Waals surface area contributed by atoms with Gasteiger partial charge in [-0.25, -0.2) is 0 Å². The lowest BCUT2D eigenvalue weighted by atomic mass is 10.1. The number of halogens is 1. The van der Waals surface area contributed by atoms with Crippen LogP contribution in [0.15, 0.2) is 24.3 Å². The first-order valence-electron chi connectivity index (χ1n) is 5.59. The predicted molar refractivity (Wildman–Crippen MR) is 68.2 cm³/mol. The summed E-state index contributed by atoms with van der Waals surface area (Å²) >= 11 is 5.70. The minimum Gasteiger partial charge on any atom is -0.349 e. The van der Waals surface area contributed by atoms with E-state index in [1.54, 1.807) is 24.3 Å². The SMILES string of the molecule is CC(C)CCNC(=O)C(=O)c1ccc(Cl)cc1. The molecule has 0 saturated carbocycles. The van der Waals surface area contributed by atoms with E-state index < -0.39 is 11.7 Å². The third-order valence-electron chi connectivity index (χ3n) is 2.32. The lowest BCUT2D eigenvalue weighted by Crippen LogP contribution is -2.32. The van der Waals surface area contributed by atoms with Crippen LogP contribution >= 0.6 is 11.6 Å². The molecule has 4 heteroatoms. The van der Waals surface area contributed by atoms with E-state index in [2.05, 4.69) is 19.2 Å². The van der Waals surface area contributed by atoms with Gasteiger partial charge in [-0.3, -0.25) is 9.59 Å². The van der Waals surface area contributed by atoms with Crippen molar-refractivity contribution >= 4 is 23.3 Å². The van der Waals surface area contributed by atoms with Crippen LogP contribution in [0.25, 0.3) is 0 Å². The smallest absolute Gasteiger partial charge is 0.292 e. The summed E-state index contributed by atoms with van der Waals surface area (Å²) in [5.41, 5.74) is 0.358. The molecule has 0 radical (unpaired) electrons. The second kappa shape index (κ2) is 6.40. The van der Waals surface area contributed by atoms with Gasteiger partial charge in [0.1, 0.15) is 0 Å². The number of Topliss-reactive ketones (excluding diaryl/α,β-unsaturated/α-hetero) is 1. The molecule has 0 aliphatic carbocycles. The maximum atomic E-state index is 11.7. The quantitative estimate of drug-likeness (QED) is 0.648. The van der Waals surface area contributed by atoms with Gasteiger partial charge in [-0.05, 0) is 36.6 Å². The lowest BCUT2D eigenvalue weighted by molar-refractivity contribution is -0.117. The Kier molecular flexibility index (Phi) is 5.16. The van der Waals surface area contributed by atoms with Crippen LogP contribution in [-0.4, -0.2) is 18.2 Å². The summed E-state index contributed by atoms with van der Waals surface area (Å²) in [5, 5.41) is 3.15. The fourth-order valence-electron chi connectivity index (χ4n) is 1.29. The minimum absolute atomic E-state index is 0.358. The number of hydrogen-bond acceptors (Lipinski definition) is 2. The average Bonchev–Trinajstić information content (AvgIpc) is 2.28. The zero-order valence-corrected chi connectivity index (χ0v) is 10.8. The van der Waals surface area contributed by atoms with E-state index >= 15 is 0 Å². The van der Waals surface area contributed by atoms with Crippen LogP contribution in [0.4, 0.5) is 0 Å². The summed E-state index contributed by atoms with van der Waals surface area (Å²) in [6, 6.07) is 6.28. The molecule has 1 amide bonds. The van der Waals surface area contributed by atoms with Gasteiger partial charge in [0, 0.05) is 17.1 Å². The molecule has 3 nitrogen and oxygen atoms in total. The molecule has 0 aliphatic rings. The molecule has 1 aromatic rings. The maximum absolute atomic E-state index is 11.7. The molecule has 0 unspecified atom stereocenters.